The van der Waals surface area contributed by atoms with E-state index in [1.807, 2.05) is 6.07 Å². The molecule has 22 heavy (non-hydrogen) atoms. The van der Waals surface area contributed by atoms with E-state index in [9.17, 15) is 8.78 Å². The molecule has 1 saturated carbocycles. The van der Waals surface area contributed by atoms with Crippen molar-refractivity contribution in [3.63, 3.8) is 0 Å². The van der Waals surface area contributed by atoms with Crippen molar-refractivity contribution in [1.82, 2.24) is 20.2 Å². The number of fused-ring (bicyclic) bond motifs is 1. The maximum atomic E-state index is 13.2. The molecule has 5 nitrogen and oxygen atoms in total. The van der Waals surface area contributed by atoms with Crippen LogP contribution in [0.1, 0.15) is 30.1 Å². The van der Waals surface area contributed by atoms with E-state index in [1.54, 1.807) is 0 Å². The quantitative estimate of drug-likeness (QED) is 0.777. The Morgan fingerprint density at radius 2 is 1.91 bits per heavy atom. The second kappa shape index (κ2) is 5.01. The summed E-state index contributed by atoms with van der Waals surface area (Å²) in [5.74, 6) is -0.751. The summed E-state index contributed by atoms with van der Waals surface area (Å²) < 4.78 is 26.4. The maximum Gasteiger partial charge on any atom is 0.161 e. The Morgan fingerprint density at radius 1 is 1.14 bits per heavy atom. The minimum Gasteiger partial charge on any atom is -0.363 e. The van der Waals surface area contributed by atoms with Crippen LogP contribution in [0.5, 0.6) is 0 Å². The van der Waals surface area contributed by atoms with Crippen molar-refractivity contribution >= 4 is 16.9 Å². The second-order valence-corrected chi connectivity index (χ2v) is 5.46. The zero-order valence-electron chi connectivity index (χ0n) is 11.6. The molecular formula is C15H13F2N5. The molecule has 3 aromatic rings. The lowest BCUT2D eigenvalue weighted by Crippen LogP contribution is -2.03. The van der Waals surface area contributed by atoms with Gasteiger partial charge in [0.05, 0.1) is 35.2 Å². The summed E-state index contributed by atoms with van der Waals surface area (Å²) >= 11 is 0. The van der Waals surface area contributed by atoms with Gasteiger partial charge in [0.2, 0.25) is 0 Å². The minimum atomic E-state index is -0.929. The molecule has 1 fully saturated rings. The molecule has 2 N–H and O–H groups in total. The molecule has 0 bridgehead atoms. The van der Waals surface area contributed by atoms with E-state index in [-0.39, 0.29) is 0 Å². The highest BCUT2D eigenvalue weighted by atomic mass is 19.2. The third-order valence-corrected chi connectivity index (χ3v) is 3.69. The lowest BCUT2D eigenvalue weighted by molar-refractivity contribution is 0.510. The average molecular weight is 301 g/mol. The van der Waals surface area contributed by atoms with Crippen LogP contribution in [-0.4, -0.2) is 20.2 Å². The highest BCUT2D eigenvalue weighted by Gasteiger charge is 2.25. The molecule has 1 aromatic carbocycles. The number of nitrogens with zero attached hydrogens (tertiary/aromatic N) is 3. The van der Waals surface area contributed by atoms with Crippen LogP contribution in [0.2, 0.25) is 0 Å². The standard InChI is InChI=1S/C15H13F2N5/c16-10-4-13-14(5-11(10)17)20-15(7-18-13)19-6-9-3-12(22-21-9)8-1-2-8/h3-5,7-8H,1-2,6H2,(H,19,20)(H,21,22). The number of aromatic amines is 1. The van der Waals surface area contributed by atoms with Gasteiger partial charge in [-0.05, 0) is 18.9 Å². The van der Waals surface area contributed by atoms with E-state index in [1.165, 1.54) is 19.0 Å². The van der Waals surface area contributed by atoms with Gasteiger partial charge in [0.25, 0.3) is 0 Å². The molecule has 0 spiro atoms. The molecule has 2 heterocycles. The largest absolute Gasteiger partial charge is 0.363 e. The number of hydrogen-bond donors (Lipinski definition) is 2. The van der Waals surface area contributed by atoms with Crippen molar-refractivity contribution in [1.29, 1.82) is 0 Å². The summed E-state index contributed by atoms with van der Waals surface area (Å²) in [6, 6.07) is 4.12. The Hall–Kier alpha value is -2.57. The van der Waals surface area contributed by atoms with Gasteiger partial charge >= 0.3 is 0 Å². The molecule has 2 aromatic heterocycles. The summed E-state index contributed by atoms with van der Waals surface area (Å²) in [4.78, 5) is 8.31. The van der Waals surface area contributed by atoms with Crippen molar-refractivity contribution in [3.8, 4) is 0 Å². The molecule has 1 aliphatic rings. The molecular weight excluding hydrogens is 288 g/mol. The monoisotopic (exact) mass is 301 g/mol. The number of nitrogens with one attached hydrogen (secondary N) is 2. The summed E-state index contributed by atoms with van der Waals surface area (Å²) in [6.45, 7) is 0.517. The van der Waals surface area contributed by atoms with Gasteiger partial charge in [-0.2, -0.15) is 5.10 Å². The zero-order valence-corrected chi connectivity index (χ0v) is 11.6. The van der Waals surface area contributed by atoms with Crippen molar-refractivity contribution in [2.45, 2.75) is 25.3 Å². The van der Waals surface area contributed by atoms with E-state index in [4.69, 9.17) is 0 Å². The van der Waals surface area contributed by atoms with Gasteiger partial charge in [-0.3, -0.25) is 10.1 Å². The van der Waals surface area contributed by atoms with E-state index in [0.29, 0.717) is 29.3 Å². The fourth-order valence-electron chi connectivity index (χ4n) is 2.34. The number of H-pyrrole nitrogens is 1. The van der Waals surface area contributed by atoms with Crippen LogP contribution >= 0.6 is 0 Å². The first kappa shape index (κ1) is 13.1. The Labute approximate surface area is 124 Å². The first-order chi connectivity index (χ1) is 10.7. The number of rotatable bonds is 4. The van der Waals surface area contributed by atoms with Crippen LogP contribution in [-0.2, 0) is 6.54 Å². The van der Waals surface area contributed by atoms with Gasteiger partial charge in [0.1, 0.15) is 5.82 Å². The lowest BCUT2D eigenvalue weighted by Gasteiger charge is -2.05. The third-order valence-electron chi connectivity index (χ3n) is 3.69. The van der Waals surface area contributed by atoms with Gasteiger partial charge in [-0.15, -0.1) is 0 Å². The molecule has 0 radical (unpaired) electrons. The molecule has 4 rings (SSSR count). The first-order valence-electron chi connectivity index (χ1n) is 7.09. The Morgan fingerprint density at radius 3 is 2.68 bits per heavy atom. The van der Waals surface area contributed by atoms with Crippen molar-refractivity contribution in [2.75, 3.05) is 5.32 Å². The molecule has 0 aliphatic heterocycles. The summed E-state index contributed by atoms with van der Waals surface area (Å²) in [6.07, 6.45) is 3.91. The summed E-state index contributed by atoms with van der Waals surface area (Å²) in [5, 5.41) is 10.3. The minimum absolute atomic E-state index is 0.312. The van der Waals surface area contributed by atoms with Crippen molar-refractivity contribution in [3.05, 3.63) is 47.4 Å². The fourth-order valence-corrected chi connectivity index (χ4v) is 2.34. The molecule has 0 saturated heterocycles. The topological polar surface area (TPSA) is 66.5 Å². The van der Waals surface area contributed by atoms with Crippen LogP contribution in [0.3, 0.4) is 0 Å². The van der Waals surface area contributed by atoms with E-state index >= 15 is 0 Å². The highest BCUT2D eigenvalue weighted by Crippen LogP contribution is 2.39. The molecule has 1 aliphatic carbocycles. The molecule has 112 valence electrons. The van der Waals surface area contributed by atoms with Gasteiger partial charge in [0, 0.05) is 18.1 Å². The van der Waals surface area contributed by atoms with Gasteiger partial charge < -0.3 is 5.32 Å². The van der Waals surface area contributed by atoms with Crippen LogP contribution in [0.25, 0.3) is 11.0 Å². The molecule has 0 amide bonds. The van der Waals surface area contributed by atoms with Crippen LogP contribution in [0.15, 0.2) is 24.4 Å². The number of benzene rings is 1. The maximum absolute atomic E-state index is 13.2. The van der Waals surface area contributed by atoms with Gasteiger partial charge in [-0.1, -0.05) is 0 Å². The number of halogens is 2. The number of hydrogen-bond acceptors (Lipinski definition) is 4. The Bertz CT molecular complexity index is 841. The predicted molar refractivity (Wildman–Crippen MR) is 77.3 cm³/mol. The normalized spacial score (nSPS) is 14.5. The Kier molecular flexibility index (Phi) is 2.99. The molecule has 0 unspecified atom stereocenters. The average Bonchev–Trinajstić information content (AvgIpc) is 3.25. The lowest BCUT2D eigenvalue weighted by atomic mass is 10.2. The second-order valence-electron chi connectivity index (χ2n) is 5.46. The van der Waals surface area contributed by atoms with Gasteiger partial charge in [0.15, 0.2) is 11.6 Å². The van der Waals surface area contributed by atoms with E-state index in [2.05, 4.69) is 25.5 Å². The zero-order chi connectivity index (χ0) is 15.1. The van der Waals surface area contributed by atoms with E-state index in [0.717, 1.165) is 23.5 Å². The Balaban J connectivity index is 1.51. The summed E-state index contributed by atoms with van der Waals surface area (Å²) in [7, 11) is 0. The summed E-state index contributed by atoms with van der Waals surface area (Å²) in [5.41, 5.74) is 2.68. The van der Waals surface area contributed by atoms with E-state index < -0.39 is 11.6 Å². The fraction of sp³-hybridized carbons (Fsp3) is 0.267. The highest BCUT2D eigenvalue weighted by molar-refractivity contribution is 5.75. The van der Waals surface area contributed by atoms with Crippen LogP contribution in [0, 0.1) is 11.6 Å². The number of aromatic nitrogens is 4. The molecule has 0 atom stereocenters. The first-order valence-corrected chi connectivity index (χ1v) is 7.09. The molecule has 7 heteroatoms. The van der Waals surface area contributed by atoms with Crippen LogP contribution < -0.4 is 5.32 Å². The number of anilines is 1. The smallest absolute Gasteiger partial charge is 0.161 e. The SMILES string of the molecule is Fc1cc2ncc(NCc3cc(C4CC4)n[nH]3)nc2cc1F. The van der Waals surface area contributed by atoms with Crippen LogP contribution in [0.4, 0.5) is 14.6 Å². The predicted octanol–water partition coefficient (Wildman–Crippen LogP) is 3.12. The van der Waals surface area contributed by atoms with Gasteiger partial charge in [-0.25, -0.2) is 13.8 Å². The third kappa shape index (κ3) is 2.49. The van der Waals surface area contributed by atoms with Crippen molar-refractivity contribution < 1.29 is 8.78 Å². The van der Waals surface area contributed by atoms with Crippen molar-refractivity contribution in [2.24, 2.45) is 0 Å².